The number of carbonyl (C=O) groups excluding carboxylic acids is 1. The molecule has 1 amide bonds. The van der Waals surface area contributed by atoms with E-state index in [1.807, 2.05) is 13.8 Å². The van der Waals surface area contributed by atoms with E-state index in [2.05, 4.69) is 15.5 Å². The van der Waals surface area contributed by atoms with E-state index in [4.69, 9.17) is 23.2 Å². The number of benzene rings is 1. The number of halogens is 2. The van der Waals surface area contributed by atoms with Crippen LogP contribution in [0.1, 0.15) is 47.6 Å². The zero-order valence-corrected chi connectivity index (χ0v) is 13.7. The maximum Gasteiger partial charge on any atom is 0.271 e. The number of aromatic amines is 1. The Bertz CT molecular complexity index is 650. The standard InChI is InChI=1S/C15H17Cl2N3O2/c1-8(2)11-6-12(20-19-11)15(22)18-7-13(21)14-9(16)4-3-5-10(14)17/h3-6,8,13,21H,7H2,1-2H3,(H,18,22)(H,19,20). The summed E-state index contributed by atoms with van der Waals surface area (Å²) in [5.74, 6) is -0.119. The Kier molecular flexibility index (Phi) is 5.45. The van der Waals surface area contributed by atoms with Crippen LogP contribution in [0.25, 0.3) is 0 Å². The molecule has 1 unspecified atom stereocenters. The highest BCUT2D eigenvalue weighted by atomic mass is 35.5. The predicted molar refractivity (Wildman–Crippen MR) is 86.4 cm³/mol. The Labute approximate surface area is 138 Å². The minimum atomic E-state index is -0.992. The van der Waals surface area contributed by atoms with Crippen molar-refractivity contribution < 1.29 is 9.90 Å². The minimum Gasteiger partial charge on any atom is -0.386 e. The SMILES string of the molecule is CC(C)c1cc(C(=O)NCC(O)c2c(Cl)cccc2Cl)n[nH]1. The van der Waals surface area contributed by atoms with Crippen molar-refractivity contribution in [3.8, 4) is 0 Å². The first-order chi connectivity index (χ1) is 10.4. The van der Waals surface area contributed by atoms with Gasteiger partial charge >= 0.3 is 0 Å². The van der Waals surface area contributed by atoms with Crippen LogP contribution in [0.2, 0.25) is 10.0 Å². The summed E-state index contributed by atoms with van der Waals surface area (Å²) >= 11 is 12.0. The molecule has 22 heavy (non-hydrogen) atoms. The molecule has 3 N–H and O–H groups in total. The minimum absolute atomic E-state index is 0.00778. The van der Waals surface area contributed by atoms with Gasteiger partial charge < -0.3 is 10.4 Å². The maximum atomic E-state index is 12.0. The fourth-order valence-corrected chi connectivity index (χ4v) is 2.61. The summed E-state index contributed by atoms with van der Waals surface area (Å²) in [5, 5.41) is 20.3. The van der Waals surface area contributed by atoms with Gasteiger partial charge in [-0.1, -0.05) is 43.1 Å². The van der Waals surface area contributed by atoms with E-state index in [1.54, 1.807) is 24.3 Å². The van der Waals surface area contributed by atoms with E-state index in [1.165, 1.54) is 0 Å². The molecule has 0 saturated heterocycles. The van der Waals surface area contributed by atoms with Crippen molar-refractivity contribution in [1.29, 1.82) is 0 Å². The third-order valence-corrected chi connectivity index (χ3v) is 3.90. The van der Waals surface area contributed by atoms with Crippen LogP contribution in [0.5, 0.6) is 0 Å². The molecule has 1 aromatic carbocycles. The molecule has 0 aliphatic carbocycles. The maximum absolute atomic E-state index is 12.0. The first-order valence-corrected chi connectivity index (χ1v) is 7.61. The lowest BCUT2D eigenvalue weighted by atomic mass is 10.1. The molecule has 7 heteroatoms. The first kappa shape index (κ1) is 16.8. The molecule has 1 aromatic heterocycles. The van der Waals surface area contributed by atoms with Crippen molar-refractivity contribution in [3.63, 3.8) is 0 Å². The van der Waals surface area contributed by atoms with Crippen molar-refractivity contribution in [2.45, 2.75) is 25.9 Å². The Balaban J connectivity index is 2.01. The van der Waals surface area contributed by atoms with Crippen LogP contribution < -0.4 is 5.32 Å². The van der Waals surface area contributed by atoms with E-state index in [0.717, 1.165) is 5.69 Å². The van der Waals surface area contributed by atoms with Gasteiger partial charge in [-0.15, -0.1) is 0 Å². The van der Waals surface area contributed by atoms with Crippen molar-refractivity contribution in [2.24, 2.45) is 0 Å². The molecule has 0 fully saturated rings. The van der Waals surface area contributed by atoms with Gasteiger partial charge in [0, 0.05) is 27.8 Å². The summed E-state index contributed by atoms with van der Waals surface area (Å²) in [4.78, 5) is 12.0. The average molecular weight is 342 g/mol. The molecule has 0 aliphatic rings. The van der Waals surface area contributed by atoms with E-state index >= 15 is 0 Å². The van der Waals surface area contributed by atoms with Crippen LogP contribution in [0.3, 0.4) is 0 Å². The van der Waals surface area contributed by atoms with Crippen LogP contribution >= 0.6 is 23.2 Å². The van der Waals surface area contributed by atoms with Gasteiger partial charge in [-0.3, -0.25) is 9.89 Å². The lowest BCUT2D eigenvalue weighted by Crippen LogP contribution is -2.28. The highest BCUT2D eigenvalue weighted by molar-refractivity contribution is 6.36. The fourth-order valence-electron chi connectivity index (χ4n) is 1.96. The topological polar surface area (TPSA) is 78.0 Å². The average Bonchev–Trinajstić information content (AvgIpc) is 2.94. The van der Waals surface area contributed by atoms with Gasteiger partial charge in [0.25, 0.3) is 5.91 Å². The zero-order valence-electron chi connectivity index (χ0n) is 12.2. The lowest BCUT2D eigenvalue weighted by Gasteiger charge is -2.14. The summed E-state index contributed by atoms with van der Waals surface area (Å²) in [6.45, 7) is 3.99. The number of hydrogen-bond acceptors (Lipinski definition) is 3. The number of rotatable bonds is 5. The molecule has 0 spiro atoms. The van der Waals surface area contributed by atoms with Gasteiger partial charge in [0.15, 0.2) is 0 Å². The Morgan fingerprint density at radius 1 is 1.36 bits per heavy atom. The number of aliphatic hydroxyl groups is 1. The molecular formula is C15H17Cl2N3O2. The number of aromatic nitrogens is 2. The summed E-state index contributed by atoms with van der Waals surface area (Å²) in [5.41, 5.74) is 1.55. The Hall–Kier alpha value is -1.56. The molecule has 2 aromatic rings. The van der Waals surface area contributed by atoms with Crippen LogP contribution in [0.4, 0.5) is 0 Å². The third kappa shape index (κ3) is 3.80. The number of carbonyl (C=O) groups is 1. The van der Waals surface area contributed by atoms with Gasteiger partial charge in [0.05, 0.1) is 6.10 Å². The van der Waals surface area contributed by atoms with E-state index in [0.29, 0.717) is 15.6 Å². The quantitative estimate of drug-likeness (QED) is 0.780. The molecule has 2 rings (SSSR count). The molecule has 0 bridgehead atoms. The molecule has 0 aliphatic heterocycles. The zero-order chi connectivity index (χ0) is 16.3. The monoisotopic (exact) mass is 341 g/mol. The second-order valence-electron chi connectivity index (χ2n) is 5.22. The van der Waals surface area contributed by atoms with Gasteiger partial charge in [0.1, 0.15) is 5.69 Å². The van der Waals surface area contributed by atoms with Crippen molar-refractivity contribution in [2.75, 3.05) is 6.54 Å². The van der Waals surface area contributed by atoms with Gasteiger partial charge in [-0.05, 0) is 24.1 Å². The van der Waals surface area contributed by atoms with Gasteiger partial charge in [0.2, 0.25) is 0 Å². The number of nitrogens with zero attached hydrogens (tertiary/aromatic N) is 1. The van der Waals surface area contributed by atoms with E-state index in [9.17, 15) is 9.90 Å². The molecule has 0 radical (unpaired) electrons. The highest BCUT2D eigenvalue weighted by Crippen LogP contribution is 2.29. The molecule has 1 heterocycles. The fraction of sp³-hybridized carbons (Fsp3) is 0.333. The van der Waals surface area contributed by atoms with Gasteiger partial charge in [-0.2, -0.15) is 5.10 Å². The number of hydrogen-bond donors (Lipinski definition) is 3. The summed E-state index contributed by atoms with van der Waals surface area (Å²) in [7, 11) is 0. The van der Waals surface area contributed by atoms with Crippen molar-refractivity contribution in [3.05, 3.63) is 51.3 Å². The number of H-pyrrole nitrogens is 1. The summed E-state index contributed by atoms with van der Waals surface area (Å²) in [6, 6.07) is 6.65. The largest absolute Gasteiger partial charge is 0.386 e. The van der Waals surface area contributed by atoms with Crippen LogP contribution in [-0.2, 0) is 0 Å². The second kappa shape index (κ2) is 7.13. The summed E-state index contributed by atoms with van der Waals surface area (Å²) in [6.07, 6.45) is -0.992. The van der Waals surface area contributed by atoms with Crippen LogP contribution in [0.15, 0.2) is 24.3 Å². The Morgan fingerprint density at radius 2 is 2.00 bits per heavy atom. The molecule has 1 atom stereocenters. The number of amides is 1. The molecule has 5 nitrogen and oxygen atoms in total. The van der Waals surface area contributed by atoms with E-state index in [-0.39, 0.29) is 24.1 Å². The lowest BCUT2D eigenvalue weighted by molar-refractivity contribution is 0.0911. The highest BCUT2D eigenvalue weighted by Gasteiger charge is 2.18. The van der Waals surface area contributed by atoms with Crippen LogP contribution in [0, 0.1) is 0 Å². The van der Waals surface area contributed by atoms with Gasteiger partial charge in [-0.25, -0.2) is 0 Å². The second-order valence-corrected chi connectivity index (χ2v) is 6.04. The summed E-state index contributed by atoms with van der Waals surface area (Å²) < 4.78 is 0. The number of aliphatic hydroxyl groups excluding tert-OH is 1. The molecule has 0 saturated carbocycles. The van der Waals surface area contributed by atoms with Crippen LogP contribution in [-0.4, -0.2) is 27.8 Å². The normalized spacial score (nSPS) is 12.5. The van der Waals surface area contributed by atoms with Crippen molar-refractivity contribution in [1.82, 2.24) is 15.5 Å². The molecule has 118 valence electrons. The molecular weight excluding hydrogens is 325 g/mol. The number of nitrogens with one attached hydrogen (secondary N) is 2. The third-order valence-electron chi connectivity index (χ3n) is 3.24. The smallest absolute Gasteiger partial charge is 0.271 e. The first-order valence-electron chi connectivity index (χ1n) is 6.85. The van der Waals surface area contributed by atoms with E-state index < -0.39 is 6.10 Å². The van der Waals surface area contributed by atoms with Crippen molar-refractivity contribution >= 4 is 29.1 Å². The Morgan fingerprint density at radius 3 is 2.55 bits per heavy atom. The predicted octanol–water partition coefficient (Wildman–Crippen LogP) is 3.30.